The number of hydrogen-bond acceptors (Lipinski definition) is 5. The largest absolute Gasteiger partial charge is 0.439 e. The van der Waals surface area contributed by atoms with E-state index in [0.29, 0.717) is 17.3 Å². The van der Waals surface area contributed by atoms with Crippen LogP contribution >= 0.6 is 0 Å². The van der Waals surface area contributed by atoms with Crippen molar-refractivity contribution in [2.24, 2.45) is 0 Å². The van der Waals surface area contributed by atoms with Gasteiger partial charge in [0.1, 0.15) is 11.5 Å². The van der Waals surface area contributed by atoms with E-state index in [-0.39, 0.29) is 0 Å². The van der Waals surface area contributed by atoms with Crippen molar-refractivity contribution in [3.05, 3.63) is 47.7 Å². The Morgan fingerprint density at radius 3 is 2.50 bits per heavy atom. The van der Waals surface area contributed by atoms with Crippen LogP contribution in [0.5, 0.6) is 11.6 Å². The van der Waals surface area contributed by atoms with E-state index in [9.17, 15) is 13.2 Å². The summed E-state index contributed by atoms with van der Waals surface area (Å²) in [7, 11) is -2.35. The highest BCUT2D eigenvalue weighted by Gasteiger charge is 2.14. The lowest BCUT2D eigenvalue weighted by atomic mass is 10.1. The van der Waals surface area contributed by atoms with Crippen LogP contribution in [0, 0.1) is 13.8 Å². The van der Waals surface area contributed by atoms with Gasteiger partial charge in [0.25, 0.3) is 0 Å². The third kappa shape index (κ3) is 5.04. The van der Waals surface area contributed by atoms with Gasteiger partial charge in [-0.25, -0.2) is 18.1 Å². The number of carbonyl (C=O) groups excluding carboxylic acids is 1. The van der Waals surface area contributed by atoms with Gasteiger partial charge in [-0.05, 0) is 50.2 Å². The first-order valence-electron chi connectivity index (χ1n) is 7.21. The molecule has 0 saturated carbocycles. The van der Waals surface area contributed by atoms with Gasteiger partial charge in [0, 0.05) is 6.07 Å². The second kappa shape index (κ2) is 7.41. The summed E-state index contributed by atoms with van der Waals surface area (Å²) in [4.78, 5) is 15.7. The van der Waals surface area contributed by atoms with Gasteiger partial charge in [0.15, 0.2) is 0 Å². The molecule has 1 amide bonds. The molecule has 0 unspecified atom stereocenters. The minimum absolute atomic E-state index is 0.374. The molecule has 2 N–H and O–H groups in total. The maximum Gasteiger partial charge on any atom is 0.241 e. The van der Waals surface area contributed by atoms with Crippen molar-refractivity contribution in [1.82, 2.24) is 9.71 Å². The van der Waals surface area contributed by atoms with Crippen molar-refractivity contribution in [2.45, 2.75) is 13.8 Å². The fraction of sp³-hybridized carbons (Fsp3) is 0.250. The smallest absolute Gasteiger partial charge is 0.241 e. The number of anilines is 1. The van der Waals surface area contributed by atoms with E-state index >= 15 is 0 Å². The van der Waals surface area contributed by atoms with Crippen LogP contribution in [0.3, 0.4) is 0 Å². The number of pyridine rings is 1. The Morgan fingerprint density at radius 1 is 1.17 bits per heavy atom. The van der Waals surface area contributed by atoms with E-state index in [0.717, 1.165) is 5.56 Å². The maximum absolute atomic E-state index is 11.6. The number of nitrogens with one attached hydrogen (secondary N) is 2. The van der Waals surface area contributed by atoms with E-state index in [2.05, 4.69) is 15.0 Å². The van der Waals surface area contributed by atoms with Crippen molar-refractivity contribution in [2.75, 3.05) is 18.1 Å². The van der Waals surface area contributed by atoms with Crippen LogP contribution < -0.4 is 14.8 Å². The van der Waals surface area contributed by atoms with Crippen LogP contribution in [0.15, 0.2) is 36.5 Å². The van der Waals surface area contributed by atoms with Crippen LogP contribution in [0.25, 0.3) is 0 Å². The van der Waals surface area contributed by atoms with Gasteiger partial charge < -0.3 is 10.1 Å². The number of rotatable bonds is 6. The first-order valence-corrected chi connectivity index (χ1v) is 8.86. The molecule has 128 valence electrons. The molecule has 24 heavy (non-hydrogen) atoms. The van der Waals surface area contributed by atoms with Crippen LogP contribution in [0.4, 0.5) is 5.69 Å². The monoisotopic (exact) mass is 349 g/mol. The molecule has 0 saturated heterocycles. The molecule has 0 atom stereocenters. The molecule has 7 nitrogen and oxygen atoms in total. The zero-order chi connectivity index (χ0) is 17.7. The number of hydrogen-bond donors (Lipinski definition) is 2. The normalized spacial score (nSPS) is 11.1. The third-order valence-electron chi connectivity index (χ3n) is 3.35. The van der Waals surface area contributed by atoms with Crippen LogP contribution in [-0.2, 0) is 14.8 Å². The van der Waals surface area contributed by atoms with E-state index in [1.165, 1.54) is 18.8 Å². The third-order valence-corrected chi connectivity index (χ3v) is 4.62. The van der Waals surface area contributed by atoms with Gasteiger partial charge in [0.2, 0.25) is 21.8 Å². The number of amides is 1. The zero-order valence-electron chi connectivity index (χ0n) is 13.7. The van der Waals surface area contributed by atoms with Crippen molar-refractivity contribution in [1.29, 1.82) is 0 Å². The van der Waals surface area contributed by atoms with Gasteiger partial charge in [-0.3, -0.25) is 4.79 Å². The Bertz CT molecular complexity index is 833. The highest BCUT2D eigenvalue weighted by atomic mass is 32.2. The van der Waals surface area contributed by atoms with E-state index in [1.54, 1.807) is 12.1 Å². The maximum atomic E-state index is 11.6. The lowest BCUT2D eigenvalue weighted by Crippen LogP contribution is -2.30. The summed E-state index contributed by atoms with van der Waals surface area (Å²) in [6.07, 6.45) is 1.40. The average Bonchev–Trinajstić information content (AvgIpc) is 2.52. The van der Waals surface area contributed by atoms with E-state index in [4.69, 9.17) is 4.74 Å². The summed E-state index contributed by atoms with van der Waals surface area (Å²) in [5.74, 6) is -0.250. The quantitative estimate of drug-likeness (QED) is 0.831. The molecule has 8 heteroatoms. The van der Waals surface area contributed by atoms with Gasteiger partial charge in [-0.15, -0.1) is 0 Å². The molecule has 2 aromatic rings. The summed E-state index contributed by atoms with van der Waals surface area (Å²) in [6.45, 7) is 4.01. The lowest BCUT2D eigenvalue weighted by molar-refractivity contribution is -0.113. The van der Waals surface area contributed by atoms with Gasteiger partial charge in [0.05, 0.1) is 11.9 Å². The van der Waals surface area contributed by atoms with Crippen molar-refractivity contribution < 1.29 is 17.9 Å². The molecule has 0 radical (unpaired) electrons. The molecule has 0 aliphatic rings. The van der Waals surface area contributed by atoms with Crippen molar-refractivity contribution in [3.63, 3.8) is 0 Å². The predicted octanol–water partition coefficient (Wildman–Crippen LogP) is 1.98. The SMILES string of the molecule is CNS(=O)(=O)CC(=O)Nc1ccc(Oc2ccc(C)c(C)c2)nc1. The number of aryl methyl sites for hydroxylation is 2. The minimum atomic E-state index is -3.60. The van der Waals surface area contributed by atoms with Gasteiger partial charge in [-0.1, -0.05) is 6.07 Å². The summed E-state index contributed by atoms with van der Waals surface area (Å²) in [5, 5.41) is 2.46. The van der Waals surface area contributed by atoms with Gasteiger partial charge >= 0.3 is 0 Å². The Labute approximate surface area is 141 Å². The summed E-state index contributed by atoms with van der Waals surface area (Å²) in [5.41, 5.74) is 2.67. The number of benzene rings is 1. The first kappa shape index (κ1) is 17.9. The number of sulfonamides is 1. The van der Waals surface area contributed by atoms with E-state index in [1.807, 2.05) is 32.0 Å². The Hall–Kier alpha value is -2.45. The predicted molar refractivity (Wildman–Crippen MR) is 91.7 cm³/mol. The fourth-order valence-electron chi connectivity index (χ4n) is 1.85. The Balaban J connectivity index is 2.00. The lowest BCUT2D eigenvalue weighted by Gasteiger charge is -2.08. The topological polar surface area (TPSA) is 97.4 Å². The molecule has 0 spiro atoms. The zero-order valence-corrected chi connectivity index (χ0v) is 14.5. The highest BCUT2D eigenvalue weighted by Crippen LogP contribution is 2.22. The number of nitrogens with zero attached hydrogens (tertiary/aromatic N) is 1. The minimum Gasteiger partial charge on any atom is -0.439 e. The summed E-state index contributed by atoms with van der Waals surface area (Å²) < 4.78 is 30.3. The molecule has 0 aliphatic carbocycles. The molecular weight excluding hydrogens is 330 g/mol. The van der Waals surface area contributed by atoms with Crippen molar-refractivity contribution >= 4 is 21.6 Å². The van der Waals surface area contributed by atoms with Gasteiger partial charge in [-0.2, -0.15) is 0 Å². The summed E-state index contributed by atoms with van der Waals surface area (Å²) >= 11 is 0. The van der Waals surface area contributed by atoms with Crippen LogP contribution in [-0.4, -0.2) is 32.1 Å². The fourth-order valence-corrected chi connectivity index (χ4v) is 2.42. The molecule has 1 heterocycles. The molecule has 0 aliphatic heterocycles. The second-order valence-corrected chi connectivity index (χ2v) is 7.17. The number of ether oxygens (including phenoxy) is 1. The molecule has 0 fully saturated rings. The number of carbonyl (C=O) groups is 1. The molecular formula is C16H19N3O4S. The summed E-state index contributed by atoms with van der Waals surface area (Å²) in [6, 6.07) is 8.91. The van der Waals surface area contributed by atoms with E-state index < -0.39 is 21.7 Å². The Kier molecular flexibility index (Phi) is 5.53. The molecule has 0 bridgehead atoms. The van der Waals surface area contributed by atoms with Crippen molar-refractivity contribution in [3.8, 4) is 11.6 Å². The number of aromatic nitrogens is 1. The second-order valence-electron chi connectivity index (χ2n) is 5.24. The molecule has 1 aromatic heterocycles. The average molecular weight is 349 g/mol. The standard InChI is InChI=1S/C16H19N3O4S/c1-11-4-6-14(8-12(11)2)23-16-7-5-13(9-18-16)19-15(20)10-24(21,22)17-3/h4-9,17H,10H2,1-3H3,(H,19,20). The first-order chi connectivity index (χ1) is 11.3. The highest BCUT2D eigenvalue weighted by molar-refractivity contribution is 7.90. The molecule has 2 rings (SSSR count). The molecule has 1 aromatic carbocycles. The Morgan fingerprint density at radius 2 is 1.92 bits per heavy atom. The van der Waals surface area contributed by atoms with Crippen LogP contribution in [0.1, 0.15) is 11.1 Å². The van der Waals surface area contributed by atoms with Crippen LogP contribution in [0.2, 0.25) is 0 Å².